The summed E-state index contributed by atoms with van der Waals surface area (Å²) in [5, 5.41) is 14.3. The molecule has 1 fully saturated rings. The molecule has 1 aliphatic rings. The van der Waals surface area contributed by atoms with Crippen molar-refractivity contribution in [2.75, 3.05) is 23.8 Å². The standard InChI is InChI=1S/C12H19N3O3S/c13-12-10(5-2-6-11(12)19(14,17)18)15(7-8-16)9-3-1-4-9/h2,5-6,9,16H,1,3-4,7-8,13H2,(H2,14,17,18). The monoisotopic (exact) mass is 285 g/mol. The summed E-state index contributed by atoms with van der Waals surface area (Å²) in [5.41, 5.74) is 6.72. The van der Waals surface area contributed by atoms with Gasteiger partial charge in [-0.25, -0.2) is 13.6 Å². The van der Waals surface area contributed by atoms with E-state index in [1.807, 2.05) is 4.90 Å². The minimum Gasteiger partial charge on any atom is -0.396 e. The van der Waals surface area contributed by atoms with Crippen LogP contribution in [0, 0.1) is 0 Å². The number of sulfonamides is 1. The van der Waals surface area contributed by atoms with Gasteiger partial charge >= 0.3 is 0 Å². The maximum absolute atomic E-state index is 11.5. The molecule has 0 atom stereocenters. The fourth-order valence-electron chi connectivity index (χ4n) is 2.34. The van der Waals surface area contributed by atoms with Crippen molar-refractivity contribution in [3.8, 4) is 0 Å². The van der Waals surface area contributed by atoms with Crippen LogP contribution in [0.5, 0.6) is 0 Å². The molecule has 5 N–H and O–H groups in total. The van der Waals surface area contributed by atoms with E-state index >= 15 is 0 Å². The van der Waals surface area contributed by atoms with Crippen molar-refractivity contribution in [3.05, 3.63) is 18.2 Å². The molecule has 0 aromatic heterocycles. The minimum atomic E-state index is -3.83. The fourth-order valence-corrected chi connectivity index (χ4v) is 3.02. The fraction of sp³-hybridized carbons (Fsp3) is 0.500. The van der Waals surface area contributed by atoms with Crippen LogP contribution in [0.1, 0.15) is 19.3 Å². The summed E-state index contributed by atoms with van der Waals surface area (Å²) in [5.74, 6) is 0. The lowest BCUT2D eigenvalue weighted by Crippen LogP contribution is -2.42. The first-order valence-corrected chi connectivity index (χ1v) is 7.78. The second-order valence-electron chi connectivity index (χ2n) is 4.74. The second-order valence-corrected chi connectivity index (χ2v) is 6.27. The average Bonchev–Trinajstić information content (AvgIpc) is 2.25. The molecule has 1 aromatic rings. The van der Waals surface area contributed by atoms with Gasteiger partial charge in [-0.3, -0.25) is 0 Å². The summed E-state index contributed by atoms with van der Waals surface area (Å²) in [6.07, 6.45) is 3.19. The molecule has 0 heterocycles. The number of hydrogen-bond acceptors (Lipinski definition) is 5. The maximum atomic E-state index is 11.5. The average molecular weight is 285 g/mol. The van der Waals surface area contributed by atoms with Gasteiger partial charge in [0.2, 0.25) is 10.0 Å². The Kier molecular flexibility index (Phi) is 3.98. The second kappa shape index (κ2) is 5.36. The van der Waals surface area contributed by atoms with Crippen molar-refractivity contribution in [1.82, 2.24) is 0 Å². The molecule has 0 saturated heterocycles. The zero-order chi connectivity index (χ0) is 14.0. The van der Waals surface area contributed by atoms with Gasteiger partial charge in [0, 0.05) is 12.6 Å². The van der Waals surface area contributed by atoms with Crippen LogP contribution in [0.3, 0.4) is 0 Å². The molecule has 6 nitrogen and oxygen atoms in total. The van der Waals surface area contributed by atoms with E-state index in [-0.39, 0.29) is 17.2 Å². The number of rotatable bonds is 5. The van der Waals surface area contributed by atoms with Crippen LogP contribution in [0.2, 0.25) is 0 Å². The third kappa shape index (κ3) is 2.83. The number of benzene rings is 1. The first-order valence-electron chi connectivity index (χ1n) is 6.24. The molecule has 0 bridgehead atoms. The molecular weight excluding hydrogens is 266 g/mol. The first-order chi connectivity index (χ1) is 8.95. The first kappa shape index (κ1) is 14.1. The third-order valence-electron chi connectivity index (χ3n) is 3.52. The van der Waals surface area contributed by atoms with Crippen molar-refractivity contribution >= 4 is 21.4 Å². The van der Waals surface area contributed by atoms with Gasteiger partial charge in [-0.1, -0.05) is 6.07 Å². The van der Waals surface area contributed by atoms with Gasteiger partial charge in [0.1, 0.15) is 4.90 Å². The highest BCUT2D eigenvalue weighted by Crippen LogP contribution is 2.35. The molecule has 0 aliphatic heterocycles. The smallest absolute Gasteiger partial charge is 0.240 e. The van der Waals surface area contributed by atoms with E-state index in [1.165, 1.54) is 6.07 Å². The number of primary sulfonamides is 1. The summed E-state index contributed by atoms with van der Waals surface area (Å²) < 4.78 is 22.9. The Bertz CT molecular complexity index is 555. The van der Waals surface area contributed by atoms with Crippen LogP contribution in [0.4, 0.5) is 11.4 Å². The minimum absolute atomic E-state index is 0.00442. The Balaban J connectivity index is 2.42. The van der Waals surface area contributed by atoms with E-state index in [0.29, 0.717) is 18.3 Å². The zero-order valence-electron chi connectivity index (χ0n) is 10.6. The Hall–Kier alpha value is -1.31. The highest BCUT2D eigenvalue weighted by atomic mass is 32.2. The lowest BCUT2D eigenvalue weighted by molar-refractivity contribution is 0.284. The number of nitrogen functional groups attached to an aromatic ring is 1. The van der Waals surface area contributed by atoms with Crippen LogP contribution < -0.4 is 15.8 Å². The van der Waals surface area contributed by atoms with Gasteiger partial charge in [-0.15, -0.1) is 0 Å². The summed E-state index contributed by atoms with van der Waals surface area (Å²) in [7, 11) is -3.83. The number of hydrogen-bond donors (Lipinski definition) is 3. The Morgan fingerprint density at radius 3 is 2.53 bits per heavy atom. The number of aliphatic hydroxyl groups excluding tert-OH is 1. The Labute approximate surface area is 113 Å². The predicted octanol–water partition coefficient (Wildman–Crippen LogP) is 0.267. The highest BCUT2D eigenvalue weighted by molar-refractivity contribution is 7.89. The van der Waals surface area contributed by atoms with Crippen molar-refractivity contribution in [2.45, 2.75) is 30.2 Å². The molecule has 7 heteroatoms. The van der Waals surface area contributed by atoms with Gasteiger partial charge in [-0.2, -0.15) is 0 Å². The van der Waals surface area contributed by atoms with Crippen LogP contribution in [-0.4, -0.2) is 32.7 Å². The van der Waals surface area contributed by atoms with Crippen molar-refractivity contribution in [2.24, 2.45) is 5.14 Å². The molecule has 1 saturated carbocycles. The number of nitrogens with two attached hydrogens (primary N) is 2. The summed E-state index contributed by atoms with van der Waals surface area (Å²) in [4.78, 5) is 1.90. The molecular formula is C12H19N3O3S. The van der Waals surface area contributed by atoms with E-state index in [1.54, 1.807) is 12.1 Å². The number of nitrogens with zero attached hydrogens (tertiary/aromatic N) is 1. The SMILES string of the molecule is Nc1c(N(CCO)C2CCC2)cccc1S(N)(=O)=O. The number of aliphatic hydroxyl groups is 1. The molecule has 2 rings (SSSR count). The summed E-state index contributed by atoms with van der Waals surface area (Å²) >= 11 is 0. The maximum Gasteiger partial charge on any atom is 0.240 e. The third-order valence-corrected chi connectivity index (χ3v) is 4.48. The summed E-state index contributed by atoms with van der Waals surface area (Å²) in [6, 6.07) is 5.09. The van der Waals surface area contributed by atoms with Crippen LogP contribution in [0.25, 0.3) is 0 Å². The van der Waals surface area contributed by atoms with Crippen LogP contribution >= 0.6 is 0 Å². The van der Waals surface area contributed by atoms with E-state index < -0.39 is 10.0 Å². The Morgan fingerprint density at radius 2 is 2.05 bits per heavy atom. The molecule has 1 aromatic carbocycles. The van der Waals surface area contributed by atoms with E-state index in [2.05, 4.69) is 0 Å². The predicted molar refractivity (Wildman–Crippen MR) is 74.3 cm³/mol. The van der Waals surface area contributed by atoms with E-state index in [4.69, 9.17) is 16.0 Å². The lowest BCUT2D eigenvalue weighted by atomic mass is 9.91. The molecule has 106 valence electrons. The van der Waals surface area contributed by atoms with E-state index in [0.717, 1.165) is 19.3 Å². The zero-order valence-corrected chi connectivity index (χ0v) is 11.4. The van der Waals surface area contributed by atoms with Crippen LogP contribution in [0.15, 0.2) is 23.1 Å². The quantitative estimate of drug-likeness (QED) is 0.673. The lowest BCUT2D eigenvalue weighted by Gasteiger charge is -2.39. The topological polar surface area (TPSA) is 110 Å². The number of para-hydroxylation sites is 1. The van der Waals surface area contributed by atoms with Crippen LogP contribution in [-0.2, 0) is 10.0 Å². The van der Waals surface area contributed by atoms with Crippen molar-refractivity contribution in [1.29, 1.82) is 0 Å². The molecule has 1 aliphatic carbocycles. The van der Waals surface area contributed by atoms with Crippen molar-refractivity contribution < 1.29 is 13.5 Å². The van der Waals surface area contributed by atoms with Gasteiger partial charge in [0.15, 0.2) is 0 Å². The normalized spacial score (nSPS) is 16.1. The molecule has 0 unspecified atom stereocenters. The molecule has 0 amide bonds. The van der Waals surface area contributed by atoms with Gasteiger partial charge < -0.3 is 15.7 Å². The van der Waals surface area contributed by atoms with Gasteiger partial charge in [0.05, 0.1) is 18.0 Å². The van der Waals surface area contributed by atoms with Gasteiger partial charge in [-0.05, 0) is 31.4 Å². The van der Waals surface area contributed by atoms with Gasteiger partial charge in [0.25, 0.3) is 0 Å². The molecule has 19 heavy (non-hydrogen) atoms. The summed E-state index contributed by atoms with van der Waals surface area (Å²) in [6.45, 7) is 0.429. The van der Waals surface area contributed by atoms with E-state index in [9.17, 15) is 8.42 Å². The molecule has 0 radical (unpaired) electrons. The molecule has 0 spiro atoms. The van der Waals surface area contributed by atoms with Crippen molar-refractivity contribution in [3.63, 3.8) is 0 Å². The highest BCUT2D eigenvalue weighted by Gasteiger charge is 2.27. The Morgan fingerprint density at radius 1 is 1.37 bits per heavy atom. The largest absolute Gasteiger partial charge is 0.396 e. The number of anilines is 2.